The van der Waals surface area contributed by atoms with Crippen LogP contribution in [0.5, 0.6) is 17.2 Å². The first-order chi connectivity index (χ1) is 14.1. The SMILES string of the molecule is COc1ccc2oc(-c3nnc(NC(=O)c4c(OC)cccc4OC)s3)cc2c1. The zero-order valence-corrected chi connectivity index (χ0v) is 16.7. The molecule has 0 spiro atoms. The van der Waals surface area contributed by atoms with Gasteiger partial charge in [0.25, 0.3) is 5.91 Å². The molecule has 2 aromatic carbocycles. The van der Waals surface area contributed by atoms with Crippen molar-refractivity contribution in [1.82, 2.24) is 10.2 Å². The standard InChI is InChI=1S/C20H17N3O5S/c1-25-12-7-8-13-11(9-12)10-16(28-13)19-22-23-20(29-19)21-18(24)17-14(26-2)5-4-6-15(17)27-3/h4-10H,1-3H3,(H,21,23,24). The molecule has 1 N–H and O–H groups in total. The zero-order chi connectivity index (χ0) is 20.4. The molecule has 0 aliphatic heterocycles. The Morgan fingerprint density at radius 2 is 1.76 bits per heavy atom. The van der Waals surface area contributed by atoms with Crippen LogP contribution in [0.25, 0.3) is 21.7 Å². The molecule has 0 aliphatic rings. The fourth-order valence-corrected chi connectivity index (χ4v) is 3.55. The van der Waals surface area contributed by atoms with Gasteiger partial charge < -0.3 is 18.6 Å². The van der Waals surface area contributed by atoms with Crippen LogP contribution in [0.15, 0.2) is 46.9 Å². The number of amides is 1. The Kier molecular flexibility index (Phi) is 5.05. The summed E-state index contributed by atoms with van der Waals surface area (Å²) in [6, 6.07) is 12.5. The summed E-state index contributed by atoms with van der Waals surface area (Å²) < 4.78 is 21.6. The van der Waals surface area contributed by atoms with Gasteiger partial charge in [-0.15, -0.1) is 10.2 Å². The molecule has 0 saturated carbocycles. The number of rotatable bonds is 6. The van der Waals surface area contributed by atoms with E-state index in [-0.39, 0.29) is 5.56 Å². The molecule has 4 aromatic rings. The second kappa shape index (κ2) is 7.80. The van der Waals surface area contributed by atoms with Gasteiger partial charge in [-0.3, -0.25) is 10.1 Å². The van der Waals surface area contributed by atoms with Crippen molar-refractivity contribution in [2.45, 2.75) is 0 Å². The number of carbonyl (C=O) groups is 1. The summed E-state index contributed by atoms with van der Waals surface area (Å²) in [5.41, 5.74) is 0.991. The van der Waals surface area contributed by atoms with E-state index in [1.807, 2.05) is 24.3 Å². The number of nitrogens with one attached hydrogen (secondary N) is 1. The second-order valence-corrected chi connectivity index (χ2v) is 6.90. The number of aromatic nitrogens is 2. The number of nitrogens with zero attached hydrogens (tertiary/aromatic N) is 2. The molecular weight excluding hydrogens is 394 g/mol. The number of furan rings is 1. The smallest absolute Gasteiger partial charge is 0.265 e. The minimum atomic E-state index is -0.406. The first kappa shape index (κ1) is 18.8. The molecule has 2 aromatic heterocycles. The predicted octanol–water partition coefficient (Wildman–Crippen LogP) is 4.23. The molecule has 8 nitrogen and oxygen atoms in total. The Morgan fingerprint density at radius 3 is 2.45 bits per heavy atom. The van der Waals surface area contributed by atoms with Gasteiger partial charge in [0.1, 0.15) is 28.4 Å². The summed E-state index contributed by atoms with van der Waals surface area (Å²) in [5.74, 6) is 1.69. The lowest BCUT2D eigenvalue weighted by atomic mass is 10.1. The van der Waals surface area contributed by atoms with Gasteiger partial charge in [-0.1, -0.05) is 17.4 Å². The number of benzene rings is 2. The average Bonchev–Trinajstić information content (AvgIpc) is 3.38. The average molecular weight is 411 g/mol. The molecule has 2 heterocycles. The van der Waals surface area contributed by atoms with Crippen LogP contribution in [0, 0.1) is 0 Å². The molecule has 1 amide bonds. The van der Waals surface area contributed by atoms with Crippen molar-refractivity contribution in [2.24, 2.45) is 0 Å². The van der Waals surface area contributed by atoms with E-state index in [0.717, 1.165) is 11.1 Å². The highest BCUT2D eigenvalue weighted by Crippen LogP contribution is 2.34. The van der Waals surface area contributed by atoms with Gasteiger partial charge in [0, 0.05) is 5.39 Å². The van der Waals surface area contributed by atoms with E-state index in [9.17, 15) is 4.79 Å². The number of anilines is 1. The monoisotopic (exact) mass is 411 g/mol. The fraction of sp³-hybridized carbons (Fsp3) is 0.150. The van der Waals surface area contributed by atoms with Gasteiger partial charge in [0.2, 0.25) is 5.13 Å². The molecule has 29 heavy (non-hydrogen) atoms. The van der Waals surface area contributed by atoms with E-state index >= 15 is 0 Å². The maximum absolute atomic E-state index is 12.8. The van der Waals surface area contributed by atoms with Crippen LogP contribution >= 0.6 is 11.3 Å². The number of methoxy groups -OCH3 is 3. The summed E-state index contributed by atoms with van der Waals surface area (Å²) >= 11 is 1.20. The molecule has 0 saturated heterocycles. The highest BCUT2D eigenvalue weighted by atomic mass is 32.1. The fourth-order valence-electron chi connectivity index (χ4n) is 2.86. The summed E-state index contributed by atoms with van der Waals surface area (Å²) in [6.45, 7) is 0. The Balaban J connectivity index is 1.60. The molecule has 0 fully saturated rings. The molecule has 4 rings (SSSR count). The Labute approximate surface area is 170 Å². The molecule has 0 atom stereocenters. The number of fused-ring (bicyclic) bond motifs is 1. The predicted molar refractivity (Wildman–Crippen MR) is 109 cm³/mol. The molecule has 148 valence electrons. The van der Waals surface area contributed by atoms with Crippen molar-refractivity contribution < 1.29 is 23.4 Å². The van der Waals surface area contributed by atoms with E-state index in [1.54, 1.807) is 25.3 Å². The highest BCUT2D eigenvalue weighted by molar-refractivity contribution is 7.18. The Morgan fingerprint density at radius 1 is 1.00 bits per heavy atom. The van der Waals surface area contributed by atoms with E-state index in [4.69, 9.17) is 18.6 Å². The highest BCUT2D eigenvalue weighted by Gasteiger charge is 2.20. The van der Waals surface area contributed by atoms with Gasteiger partial charge in [-0.2, -0.15) is 0 Å². The topological polar surface area (TPSA) is 95.7 Å². The van der Waals surface area contributed by atoms with Crippen molar-refractivity contribution in [3.8, 4) is 28.0 Å². The zero-order valence-electron chi connectivity index (χ0n) is 15.9. The summed E-state index contributed by atoms with van der Waals surface area (Å²) in [4.78, 5) is 12.8. The van der Waals surface area contributed by atoms with Crippen LogP contribution in [-0.4, -0.2) is 37.4 Å². The van der Waals surface area contributed by atoms with Gasteiger partial charge in [-0.25, -0.2) is 0 Å². The second-order valence-electron chi connectivity index (χ2n) is 5.92. The number of ether oxygens (including phenoxy) is 3. The molecule has 9 heteroatoms. The minimum Gasteiger partial charge on any atom is -0.497 e. The van der Waals surface area contributed by atoms with Crippen LogP contribution in [0.4, 0.5) is 5.13 Å². The summed E-state index contributed by atoms with van der Waals surface area (Å²) in [7, 11) is 4.59. The molecule has 0 radical (unpaired) electrons. The maximum Gasteiger partial charge on any atom is 0.265 e. The van der Waals surface area contributed by atoms with Crippen molar-refractivity contribution >= 4 is 33.3 Å². The van der Waals surface area contributed by atoms with Crippen molar-refractivity contribution in [3.63, 3.8) is 0 Å². The van der Waals surface area contributed by atoms with Crippen molar-refractivity contribution in [3.05, 3.63) is 48.0 Å². The lowest BCUT2D eigenvalue weighted by molar-refractivity contribution is 0.102. The van der Waals surface area contributed by atoms with E-state index < -0.39 is 5.91 Å². The third-order valence-corrected chi connectivity index (χ3v) is 5.09. The molecule has 0 aliphatic carbocycles. The van der Waals surface area contributed by atoms with Gasteiger partial charge >= 0.3 is 0 Å². The van der Waals surface area contributed by atoms with Gasteiger partial charge in [-0.05, 0) is 36.4 Å². The maximum atomic E-state index is 12.8. The van der Waals surface area contributed by atoms with Crippen LogP contribution in [-0.2, 0) is 0 Å². The van der Waals surface area contributed by atoms with E-state index in [0.29, 0.717) is 33.0 Å². The van der Waals surface area contributed by atoms with E-state index in [1.165, 1.54) is 25.6 Å². The van der Waals surface area contributed by atoms with Crippen LogP contribution < -0.4 is 19.5 Å². The quantitative estimate of drug-likeness (QED) is 0.507. The first-order valence-corrected chi connectivity index (χ1v) is 9.38. The lowest BCUT2D eigenvalue weighted by Crippen LogP contribution is -2.14. The third kappa shape index (κ3) is 3.59. The van der Waals surface area contributed by atoms with Crippen LogP contribution in [0.2, 0.25) is 0 Å². The minimum absolute atomic E-state index is 0.282. The lowest BCUT2D eigenvalue weighted by Gasteiger charge is -2.11. The molecule has 0 bridgehead atoms. The summed E-state index contributed by atoms with van der Waals surface area (Å²) in [6.07, 6.45) is 0. The Hall–Kier alpha value is -3.59. The molecular formula is C20H17N3O5S. The molecule has 0 unspecified atom stereocenters. The number of hydrogen-bond donors (Lipinski definition) is 1. The Bertz CT molecular complexity index is 1160. The van der Waals surface area contributed by atoms with Gasteiger partial charge in [0.15, 0.2) is 10.8 Å². The number of hydrogen-bond acceptors (Lipinski definition) is 8. The number of carbonyl (C=O) groups excluding carboxylic acids is 1. The normalized spacial score (nSPS) is 10.7. The van der Waals surface area contributed by atoms with Crippen LogP contribution in [0.1, 0.15) is 10.4 Å². The van der Waals surface area contributed by atoms with Crippen molar-refractivity contribution in [1.29, 1.82) is 0 Å². The first-order valence-electron chi connectivity index (χ1n) is 8.56. The third-order valence-electron chi connectivity index (χ3n) is 4.23. The van der Waals surface area contributed by atoms with E-state index in [2.05, 4.69) is 15.5 Å². The van der Waals surface area contributed by atoms with Crippen molar-refractivity contribution in [2.75, 3.05) is 26.6 Å². The van der Waals surface area contributed by atoms with Crippen LogP contribution in [0.3, 0.4) is 0 Å². The van der Waals surface area contributed by atoms with Gasteiger partial charge in [0.05, 0.1) is 21.3 Å². The largest absolute Gasteiger partial charge is 0.497 e. The summed E-state index contributed by atoms with van der Waals surface area (Å²) in [5, 5.41) is 12.7.